The van der Waals surface area contributed by atoms with E-state index < -0.39 is 0 Å². The maximum absolute atomic E-state index is 5.61. The van der Waals surface area contributed by atoms with Crippen LogP contribution < -0.4 is 9.47 Å². The summed E-state index contributed by atoms with van der Waals surface area (Å²) in [5.41, 5.74) is 2.36. The SMILES string of the molecule is COc1ccc([C@]23CCN(C)[C@H]2CC2(CCSCC2)CC3)cc1OC. The molecule has 0 radical (unpaired) electrons. The van der Waals surface area contributed by atoms with E-state index in [1.54, 1.807) is 14.2 Å². The lowest BCUT2D eigenvalue weighted by Crippen LogP contribution is -2.50. The first-order chi connectivity index (χ1) is 12.1. The molecule has 0 amide bonds. The summed E-state index contributed by atoms with van der Waals surface area (Å²) in [5.74, 6) is 4.43. The molecule has 1 aliphatic carbocycles. The second-order valence-corrected chi connectivity index (χ2v) is 9.51. The molecule has 1 aromatic carbocycles. The smallest absolute Gasteiger partial charge is 0.161 e. The van der Waals surface area contributed by atoms with Crippen molar-refractivity contribution >= 4 is 11.8 Å². The van der Waals surface area contributed by atoms with Crippen LogP contribution in [0.4, 0.5) is 0 Å². The molecule has 1 spiro atoms. The second-order valence-electron chi connectivity index (χ2n) is 8.29. The van der Waals surface area contributed by atoms with Crippen LogP contribution in [0.2, 0.25) is 0 Å². The third-order valence-electron chi connectivity index (χ3n) is 7.32. The molecule has 2 heterocycles. The van der Waals surface area contributed by atoms with E-state index in [1.807, 2.05) is 0 Å². The maximum atomic E-state index is 5.61. The van der Waals surface area contributed by atoms with Crippen LogP contribution in [0.5, 0.6) is 11.5 Å². The zero-order chi connectivity index (χ0) is 17.5. The molecule has 0 bridgehead atoms. The molecule has 3 nitrogen and oxygen atoms in total. The number of ether oxygens (including phenoxy) is 2. The molecular formula is C21H31NO2S. The topological polar surface area (TPSA) is 21.7 Å². The Labute approximate surface area is 156 Å². The minimum Gasteiger partial charge on any atom is -0.493 e. The molecule has 3 fully saturated rings. The number of methoxy groups -OCH3 is 2. The van der Waals surface area contributed by atoms with Gasteiger partial charge in [0.1, 0.15) is 0 Å². The minimum absolute atomic E-state index is 0.296. The van der Waals surface area contributed by atoms with Gasteiger partial charge >= 0.3 is 0 Å². The van der Waals surface area contributed by atoms with Crippen LogP contribution in [0.25, 0.3) is 0 Å². The molecule has 2 atom stereocenters. The van der Waals surface area contributed by atoms with Crippen LogP contribution in [-0.4, -0.2) is 50.3 Å². The predicted molar refractivity (Wildman–Crippen MR) is 105 cm³/mol. The Morgan fingerprint density at radius 2 is 1.76 bits per heavy atom. The van der Waals surface area contributed by atoms with Crippen LogP contribution in [0, 0.1) is 5.41 Å². The summed E-state index contributed by atoms with van der Waals surface area (Å²) in [6, 6.07) is 7.31. The van der Waals surface area contributed by atoms with Gasteiger partial charge in [-0.15, -0.1) is 0 Å². The molecule has 0 N–H and O–H groups in total. The molecule has 25 heavy (non-hydrogen) atoms. The molecule has 2 aliphatic heterocycles. The van der Waals surface area contributed by atoms with Crippen molar-refractivity contribution < 1.29 is 9.47 Å². The Bertz CT molecular complexity index is 628. The summed E-state index contributed by atoms with van der Waals surface area (Å²) in [4.78, 5) is 2.64. The summed E-state index contributed by atoms with van der Waals surface area (Å²) < 4.78 is 11.1. The fourth-order valence-electron chi connectivity index (χ4n) is 5.65. The molecule has 138 valence electrons. The van der Waals surface area contributed by atoms with E-state index >= 15 is 0 Å². The average Bonchev–Trinajstić information content (AvgIpc) is 2.99. The van der Waals surface area contributed by atoms with Crippen LogP contribution in [0.1, 0.15) is 44.1 Å². The van der Waals surface area contributed by atoms with E-state index in [-0.39, 0.29) is 0 Å². The first kappa shape index (κ1) is 17.5. The van der Waals surface area contributed by atoms with Gasteiger partial charge in [0.25, 0.3) is 0 Å². The van der Waals surface area contributed by atoms with Crippen molar-refractivity contribution in [3.63, 3.8) is 0 Å². The van der Waals surface area contributed by atoms with Gasteiger partial charge in [-0.05, 0) is 86.7 Å². The molecule has 1 aromatic rings. The number of nitrogens with zero attached hydrogens (tertiary/aromatic N) is 1. The van der Waals surface area contributed by atoms with Gasteiger partial charge in [-0.1, -0.05) is 6.07 Å². The van der Waals surface area contributed by atoms with Gasteiger partial charge in [0.2, 0.25) is 0 Å². The first-order valence-corrected chi connectivity index (χ1v) is 10.8. The quantitative estimate of drug-likeness (QED) is 0.798. The second kappa shape index (κ2) is 6.70. The zero-order valence-corrected chi connectivity index (χ0v) is 16.7. The van der Waals surface area contributed by atoms with E-state index in [0.717, 1.165) is 11.5 Å². The number of rotatable bonds is 3. The predicted octanol–water partition coefficient (Wildman–Crippen LogP) is 4.34. The normalized spacial score (nSPS) is 31.7. The van der Waals surface area contributed by atoms with Gasteiger partial charge in [-0.3, -0.25) is 0 Å². The lowest BCUT2D eigenvalue weighted by molar-refractivity contribution is 0.0614. The largest absolute Gasteiger partial charge is 0.493 e. The summed E-state index contributed by atoms with van der Waals surface area (Å²) in [5, 5.41) is 0. The highest BCUT2D eigenvalue weighted by Gasteiger charge is 2.54. The molecular weight excluding hydrogens is 330 g/mol. The van der Waals surface area contributed by atoms with E-state index in [4.69, 9.17) is 9.47 Å². The van der Waals surface area contributed by atoms with E-state index in [1.165, 1.54) is 62.1 Å². The molecule has 3 aliphatic rings. The van der Waals surface area contributed by atoms with Crippen molar-refractivity contribution in [1.29, 1.82) is 0 Å². The highest BCUT2D eigenvalue weighted by Crippen LogP contribution is 2.57. The van der Waals surface area contributed by atoms with E-state index in [0.29, 0.717) is 16.9 Å². The third kappa shape index (κ3) is 2.86. The van der Waals surface area contributed by atoms with Gasteiger partial charge in [-0.25, -0.2) is 0 Å². The number of hydrogen-bond acceptors (Lipinski definition) is 4. The Hall–Kier alpha value is -0.870. The third-order valence-corrected chi connectivity index (χ3v) is 8.31. The van der Waals surface area contributed by atoms with Gasteiger partial charge in [0, 0.05) is 11.5 Å². The van der Waals surface area contributed by atoms with Crippen LogP contribution in [0.3, 0.4) is 0 Å². The average molecular weight is 362 g/mol. The summed E-state index contributed by atoms with van der Waals surface area (Å²) in [6.07, 6.45) is 8.20. The summed E-state index contributed by atoms with van der Waals surface area (Å²) >= 11 is 2.15. The molecule has 2 saturated heterocycles. The Morgan fingerprint density at radius 3 is 2.48 bits per heavy atom. The summed E-state index contributed by atoms with van der Waals surface area (Å²) in [6.45, 7) is 1.21. The Morgan fingerprint density at radius 1 is 1.00 bits per heavy atom. The van der Waals surface area contributed by atoms with Gasteiger partial charge < -0.3 is 14.4 Å². The van der Waals surface area contributed by atoms with Crippen molar-refractivity contribution in [2.45, 2.75) is 50.0 Å². The van der Waals surface area contributed by atoms with Gasteiger partial charge in [-0.2, -0.15) is 11.8 Å². The van der Waals surface area contributed by atoms with Crippen molar-refractivity contribution in [1.82, 2.24) is 4.90 Å². The number of hydrogen-bond donors (Lipinski definition) is 0. The summed E-state index contributed by atoms with van der Waals surface area (Å²) in [7, 11) is 5.80. The monoisotopic (exact) mass is 361 g/mol. The van der Waals surface area contributed by atoms with Crippen molar-refractivity contribution in [2.75, 3.05) is 39.3 Å². The Balaban J connectivity index is 1.68. The molecule has 1 saturated carbocycles. The van der Waals surface area contributed by atoms with Crippen molar-refractivity contribution in [2.24, 2.45) is 5.41 Å². The minimum atomic E-state index is 0.296. The van der Waals surface area contributed by atoms with Crippen molar-refractivity contribution in [3.8, 4) is 11.5 Å². The number of benzene rings is 1. The number of thioether (sulfide) groups is 1. The van der Waals surface area contributed by atoms with Crippen molar-refractivity contribution in [3.05, 3.63) is 23.8 Å². The van der Waals surface area contributed by atoms with Crippen LogP contribution in [-0.2, 0) is 5.41 Å². The standard InChI is InChI=1S/C21H31NO2S/c1-22-11-8-21(16-4-5-17(23-2)18(14-16)24-3)7-6-20(15-19(21)22)9-12-25-13-10-20/h4-5,14,19H,6-13,15H2,1-3H3/t19-,21-/m0/s1. The Kier molecular flexibility index (Phi) is 4.70. The molecule has 4 heteroatoms. The zero-order valence-electron chi connectivity index (χ0n) is 15.8. The fraction of sp³-hybridized carbons (Fsp3) is 0.714. The van der Waals surface area contributed by atoms with E-state index in [9.17, 15) is 0 Å². The lowest BCUT2D eigenvalue weighted by Gasteiger charge is -2.52. The fourth-order valence-corrected chi connectivity index (χ4v) is 7.01. The first-order valence-electron chi connectivity index (χ1n) is 9.63. The van der Waals surface area contributed by atoms with E-state index in [2.05, 4.69) is 41.9 Å². The van der Waals surface area contributed by atoms with Gasteiger partial charge in [0.05, 0.1) is 14.2 Å². The lowest BCUT2D eigenvalue weighted by atomic mass is 9.57. The molecule has 0 aromatic heterocycles. The van der Waals surface area contributed by atoms with Gasteiger partial charge in [0.15, 0.2) is 11.5 Å². The number of likely N-dealkylation sites (N-methyl/N-ethyl adjacent to an activating group) is 1. The van der Waals surface area contributed by atoms with Crippen LogP contribution in [0.15, 0.2) is 18.2 Å². The highest BCUT2D eigenvalue weighted by molar-refractivity contribution is 7.99. The number of fused-ring (bicyclic) bond motifs is 1. The highest BCUT2D eigenvalue weighted by atomic mass is 32.2. The number of likely N-dealkylation sites (tertiary alicyclic amines) is 1. The molecule has 4 rings (SSSR count). The van der Waals surface area contributed by atoms with Crippen LogP contribution >= 0.6 is 11.8 Å². The maximum Gasteiger partial charge on any atom is 0.161 e. The molecule has 0 unspecified atom stereocenters.